The minimum atomic E-state index is -3.89. The molecule has 8 heteroatoms. The number of carbonyl (C=O) groups excluding carboxylic acids is 1. The lowest BCUT2D eigenvalue weighted by Gasteiger charge is -2.09. The minimum absolute atomic E-state index is 0.0886. The van der Waals surface area contributed by atoms with Crippen LogP contribution in [0.25, 0.3) is 0 Å². The van der Waals surface area contributed by atoms with Gasteiger partial charge in [-0.1, -0.05) is 29.3 Å². The van der Waals surface area contributed by atoms with Crippen LogP contribution in [0.4, 0.5) is 5.69 Å². The van der Waals surface area contributed by atoms with Crippen LogP contribution in [0.2, 0.25) is 10.0 Å². The number of anilines is 1. The SMILES string of the molecule is Cc1ccc(C(=O)Nc2ccc(Cl)c(Cl)c2)cc1S(N)(=O)=O. The number of primary sulfonamides is 1. The Balaban J connectivity index is 2.32. The van der Waals surface area contributed by atoms with Gasteiger partial charge in [-0.2, -0.15) is 0 Å². The Bertz CT molecular complexity index is 851. The molecule has 116 valence electrons. The van der Waals surface area contributed by atoms with E-state index in [4.69, 9.17) is 28.3 Å². The van der Waals surface area contributed by atoms with Gasteiger partial charge in [-0.25, -0.2) is 13.6 Å². The van der Waals surface area contributed by atoms with Gasteiger partial charge < -0.3 is 5.32 Å². The number of hydrogen-bond acceptors (Lipinski definition) is 3. The smallest absolute Gasteiger partial charge is 0.255 e. The number of benzene rings is 2. The van der Waals surface area contributed by atoms with Gasteiger partial charge in [-0.15, -0.1) is 0 Å². The summed E-state index contributed by atoms with van der Waals surface area (Å²) in [4.78, 5) is 12.1. The largest absolute Gasteiger partial charge is 0.322 e. The van der Waals surface area contributed by atoms with Crippen molar-refractivity contribution in [1.29, 1.82) is 0 Å². The first-order valence-electron chi connectivity index (χ1n) is 6.08. The van der Waals surface area contributed by atoms with E-state index in [9.17, 15) is 13.2 Å². The van der Waals surface area contributed by atoms with Crippen molar-refractivity contribution in [1.82, 2.24) is 0 Å². The van der Waals surface area contributed by atoms with Gasteiger partial charge in [0.1, 0.15) is 0 Å². The second kappa shape index (κ2) is 6.26. The molecule has 2 aromatic rings. The molecule has 0 aromatic heterocycles. The lowest BCUT2D eigenvalue weighted by Crippen LogP contribution is -2.17. The second-order valence-corrected chi connectivity index (χ2v) is 6.95. The maximum absolute atomic E-state index is 12.2. The van der Waals surface area contributed by atoms with E-state index in [0.717, 1.165) is 0 Å². The number of carbonyl (C=O) groups is 1. The summed E-state index contributed by atoms with van der Waals surface area (Å²) in [6.07, 6.45) is 0. The monoisotopic (exact) mass is 358 g/mol. The van der Waals surface area contributed by atoms with Crippen LogP contribution in [0.5, 0.6) is 0 Å². The average molecular weight is 359 g/mol. The molecule has 0 heterocycles. The van der Waals surface area contributed by atoms with Crippen LogP contribution < -0.4 is 10.5 Å². The molecule has 0 saturated carbocycles. The van der Waals surface area contributed by atoms with E-state index in [2.05, 4.69) is 5.32 Å². The van der Waals surface area contributed by atoms with Crippen molar-refractivity contribution >= 4 is 44.8 Å². The Morgan fingerprint density at radius 3 is 2.36 bits per heavy atom. The first-order chi connectivity index (χ1) is 10.2. The maximum atomic E-state index is 12.2. The highest BCUT2D eigenvalue weighted by atomic mass is 35.5. The number of rotatable bonds is 3. The molecule has 3 N–H and O–H groups in total. The molecule has 0 unspecified atom stereocenters. The van der Waals surface area contributed by atoms with Crippen molar-refractivity contribution in [2.75, 3.05) is 5.32 Å². The fraction of sp³-hybridized carbons (Fsp3) is 0.0714. The Morgan fingerprint density at radius 2 is 1.77 bits per heavy atom. The van der Waals surface area contributed by atoms with Gasteiger partial charge in [0, 0.05) is 11.3 Å². The number of nitrogens with two attached hydrogens (primary N) is 1. The van der Waals surface area contributed by atoms with E-state index in [0.29, 0.717) is 21.3 Å². The van der Waals surface area contributed by atoms with Gasteiger partial charge in [0.2, 0.25) is 10.0 Å². The number of nitrogens with one attached hydrogen (secondary N) is 1. The Kier molecular flexibility index (Phi) is 4.77. The van der Waals surface area contributed by atoms with Crippen molar-refractivity contribution in [3.8, 4) is 0 Å². The Labute approximate surface area is 138 Å². The highest BCUT2D eigenvalue weighted by molar-refractivity contribution is 7.89. The molecule has 1 amide bonds. The highest BCUT2D eigenvalue weighted by Crippen LogP contribution is 2.25. The van der Waals surface area contributed by atoms with Gasteiger partial charge in [-0.3, -0.25) is 4.79 Å². The van der Waals surface area contributed by atoms with E-state index in [-0.39, 0.29) is 10.5 Å². The predicted molar refractivity (Wildman–Crippen MR) is 87.0 cm³/mol. The third-order valence-corrected chi connectivity index (χ3v) is 4.73. The van der Waals surface area contributed by atoms with E-state index < -0.39 is 15.9 Å². The number of hydrogen-bond donors (Lipinski definition) is 2. The molecular weight excluding hydrogens is 347 g/mol. The van der Waals surface area contributed by atoms with Crippen molar-refractivity contribution in [2.45, 2.75) is 11.8 Å². The van der Waals surface area contributed by atoms with Crippen LogP contribution in [-0.2, 0) is 10.0 Å². The van der Waals surface area contributed by atoms with Crippen LogP contribution in [-0.4, -0.2) is 14.3 Å². The summed E-state index contributed by atoms with van der Waals surface area (Å²) in [5.74, 6) is -0.483. The predicted octanol–water partition coefficient (Wildman–Crippen LogP) is 3.20. The van der Waals surface area contributed by atoms with Gasteiger partial charge in [-0.05, 0) is 42.8 Å². The summed E-state index contributed by atoms with van der Waals surface area (Å²) in [6, 6.07) is 8.89. The molecule has 0 saturated heterocycles. The summed E-state index contributed by atoms with van der Waals surface area (Å²) in [6.45, 7) is 1.60. The van der Waals surface area contributed by atoms with Gasteiger partial charge in [0.05, 0.1) is 14.9 Å². The van der Waals surface area contributed by atoms with Gasteiger partial charge in [0.15, 0.2) is 0 Å². The topological polar surface area (TPSA) is 89.3 Å². The van der Waals surface area contributed by atoms with E-state index in [1.165, 1.54) is 24.3 Å². The third kappa shape index (κ3) is 3.78. The lowest BCUT2D eigenvalue weighted by molar-refractivity contribution is 0.102. The molecule has 0 spiro atoms. The van der Waals surface area contributed by atoms with Gasteiger partial charge >= 0.3 is 0 Å². The molecule has 0 fully saturated rings. The van der Waals surface area contributed by atoms with Crippen molar-refractivity contribution < 1.29 is 13.2 Å². The zero-order chi connectivity index (χ0) is 16.5. The zero-order valence-electron chi connectivity index (χ0n) is 11.4. The fourth-order valence-electron chi connectivity index (χ4n) is 1.83. The standard InChI is InChI=1S/C14H12Cl2N2O3S/c1-8-2-3-9(6-13(8)22(17,20)21)14(19)18-10-4-5-11(15)12(16)7-10/h2-7H,1H3,(H,18,19)(H2,17,20,21). The molecule has 0 aliphatic heterocycles. The Morgan fingerprint density at radius 1 is 1.09 bits per heavy atom. The molecule has 0 aliphatic carbocycles. The highest BCUT2D eigenvalue weighted by Gasteiger charge is 2.15. The summed E-state index contributed by atoms with van der Waals surface area (Å²) in [5.41, 5.74) is 1.08. The first-order valence-corrected chi connectivity index (χ1v) is 8.38. The van der Waals surface area contributed by atoms with Gasteiger partial charge in [0.25, 0.3) is 5.91 Å². The van der Waals surface area contributed by atoms with E-state index in [1.807, 2.05) is 0 Å². The molecule has 0 atom stereocenters. The number of aryl methyl sites for hydroxylation is 1. The fourth-order valence-corrected chi connectivity index (χ4v) is 2.93. The number of sulfonamides is 1. The lowest BCUT2D eigenvalue weighted by atomic mass is 10.1. The molecule has 2 rings (SSSR count). The molecule has 0 aliphatic rings. The summed E-state index contributed by atoms with van der Waals surface area (Å²) >= 11 is 11.7. The van der Waals surface area contributed by atoms with Crippen LogP contribution in [0, 0.1) is 6.92 Å². The van der Waals surface area contributed by atoms with E-state index >= 15 is 0 Å². The molecule has 0 radical (unpaired) electrons. The normalized spacial score (nSPS) is 11.3. The maximum Gasteiger partial charge on any atom is 0.255 e. The van der Waals surface area contributed by atoms with Crippen molar-refractivity contribution in [3.63, 3.8) is 0 Å². The summed E-state index contributed by atoms with van der Waals surface area (Å²) < 4.78 is 23.0. The van der Waals surface area contributed by atoms with Crippen molar-refractivity contribution in [3.05, 3.63) is 57.6 Å². The quantitative estimate of drug-likeness (QED) is 0.882. The van der Waals surface area contributed by atoms with Crippen LogP contribution >= 0.6 is 23.2 Å². The summed E-state index contributed by atoms with van der Waals surface area (Å²) in [5, 5.41) is 8.40. The van der Waals surface area contributed by atoms with Crippen LogP contribution in [0.1, 0.15) is 15.9 Å². The first kappa shape index (κ1) is 16.8. The molecule has 0 bridgehead atoms. The molecular formula is C14H12Cl2N2O3S. The van der Waals surface area contributed by atoms with Crippen molar-refractivity contribution in [2.24, 2.45) is 5.14 Å². The minimum Gasteiger partial charge on any atom is -0.322 e. The van der Waals surface area contributed by atoms with Crippen LogP contribution in [0.15, 0.2) is 41.3 Å². The number of amides is 1. The Hall–Kier alpha value is -1.60. The molecule has 5 nitrogen and oxygen atoms in total. The zero-order valence-corrected chi connectivity index (χ0v) is 13.8. The van der Waals surface area contributed by atoms with Crippen LogP contribution in [0.3, 0.4) is 0 Å². The number of halogens is 2. The summed E-state index contributed by atoms with van der Waals surface area (Å²) in [7, 11) is -3.89. The third-order valence-electron chi connectivity index (χ3n) is 2.93. The second-order valence-electron chi connectivity index (χ2n) is 4.61. The molecule has 22 heavy (non-hydrogen) atoms. The molecule has 2 aromatic carbocycles. The van der Waals surface area contributed by atoms with E-state index in [1.54, 1.807) is 19.1 Å². The average Bonchev–Trinajstić information content (AvgIpc) is 2.42.